The van der Waals surface area contributed by atoms with Gasteiger partial charge < -0.3 is 5.32 Å². The molecule has 1 unspecified atom stereocenters. The molecule has 0 aliphatic rings. The van der Waals surface area contributed by atoms with Crippen LogP contribution in [0.1, 0.15) is 40.0 Å². The van der Waals surface area contributed by atoms with Crippen LogP contribution in [0.25, 0.3) is 0 Å². The Balaban J connectivity index is 3.37. The second-order valence-electron chi connectivity index (χ2n) is 3.49. The van der Waals surface area contributed by atoms with E-state index < -0.39 is 0 Å². The highest BCUT2D eigenvalue weighted by molar-refractivity contribution is 5.04. The van der Waals surface area contributed by atoms with E-state index in [4.69, 9.17) is 0 Å². The molecular formula is C12H23N. The predicted molar refractivity (Wildman–Crippen MR) is 60.9 cm³/mol. The van der Waals surface area contributed by atoms with E-state index >= 15 is 0 Å². The fraction of sp³-hybridized carbons (Fsp3) is 0.667. The number of hydrogen-bond acceptors (Lipinski definition) is 1. The summed E-state index contributed by atoms with van der Waals surface area (Å²) in [6.45, 7) is 11.3. The van der Waals surface area contributed by atoms with Gasteiger partial charge in [-0.15, -0.1) is 6.58 Å². The van der Waals surface area contributed by atoms with E-state index in [-0.39, 0.29) is 0 Å². The highest BCUT2D eigenvalue weighted by Gasteiger charge is 2.00. The summed E-state index contributed by atoms with van der Waals surface area (Å²) in [4.78, 5) is 0. The molecule has 1 N–H and O–H groups in total. The number of hydrogen-bond donors (Lipinski definition) is 1. The minimum absolute atomic E-state index is 0.522. The smallest absolute Gasteiger partial charge is 0.0248 e. The topological polar surface area (TPSA) is 12.0 Å². The third-order valence-electron chi connectivity index (χ3n) is 2.42. The second kappa shape index (κ2) is 8.06. The molecule has 0 radical (unpaired) electrons. The molecule has 0 heterocycles. The first-order valence-electron chi connectivity index (χ1n) is 5.19. The molecule has 0 aromatic rings. The fourth-order valence-corrected chi connectivity index (χ4v) is 1.14. The van der Waals surface area contributed by atoms with E-state index in [1.54, 1.807) is 0 Å². The first kappa shape index (κ1) is 12.4. The maximum Gasteiger partial charge on any atom is 0.0248 e. The maximum absolute atomic E-state index is 3.71. The first-order chi connectivity index (χ1) is 6.22. The molecule has 0 aromatic heterocycles. The third-order valence-corrected chi connectivity index (χ3v) is 2.42. The lowest BCUT2D eigenvalue weighted by Gasteiger charge is -2.13. The van der Waals surface area contributed by atoms with Crippen LogP contribution in [0.5, 0.6) is 0 Å². The second-order valence-corrected chi connectivity index (χ2v) is 3.49. The molecule has 0 aliphatic carbocycles. The molecule has 1 nitrogen and oxygen atoms in total. The Morgan fingerprint density at radius 2 is 2.15 bits per heavy atom. The summed E-state index contributed by atoms with van der Waals surface area (Å²) in [5, 5.41) is 3.49. The van der Waals surface area contributed by atoms with Gasteiger partial charge in [0.2, 0.25) is 0 Å². The van der Waals surface area contributed by atoms with Crippen LogP contribution in [-0.2, 0) is 0 Å². The highest BCUT2D eigenvalue weighted by Crippen LogP contribution is 2.00. The molecule has 0 amide bonds. The molecule has 0 bridgehead atoms. The Kier molecular flexibility index (Phi) is 7.71. The molecule has 0 fully saturated rings. The summed E-state index contributed by atoms with van der Waals surface area (Å²) in [6.07, 6.45) is 7.78. The van der Waals surface area contributed by atoms with Crippen molar-refractivity contribution in [2.24, 2.45) is 0 Å². The Morgan fingerprint density at radius 1 is 1.46 bits per heavy atom. The minimum Gasteiger partial charge on any atom is -0.311 e. The van der Waals surface area contributed by atoms with Gasteiger partial charge in [0.05, 0.1) is 0 Å². The Hall–Kier alpha value is -0.560. The fourth-order valence-electron chi connectivity index (χ4n) is 1.14. The van der Waals surface area contributed by atoms with E-state index in [2.05, 4.69) is 38.7 Å². The average Bonchev–Trinajstić information content (AvgIpc) is 2.16. The molecule has 0 spiro atoms. The van der Waals surface area contributed by atoms with E-state index in [0.717, 1.165) is 13.0 Å². The quantitative estimate of drug-likeness (QED) is 0.469. The van der Waals surface area contributed by atoms with Gasteiger partial charge >= 0.3 is 0 Å². The standard InChI is InChI=1S/C12H23N/c1-5-7-8-9-10-13-12(4)11(3)6-2/h5-6,12-13H,1,7-10H2,2-4H3. The van der Waals surface area contributed by atoms with Crippen LogP contribution in [-0.4, -0.2) is 12.6 Å². The van der Waals surface area contributed by atoms with Gasteiger partial charge in [0.25, 0.3) is 0 Å². The lowest BCUT2D eigenvalue weighted by atomic mass is 10.1. The number of nitrogens with one attached hydrogen (secondary N) is 1. The van der Waals surface area contributed by atoms with Crippen LogP contribution >= 0.6 is 0 Å². The highest BCUT2D eigenvalue weighted by atomic mass is 14.9. The summed E-state index contributed by atoms with van der Waals surface area (Å²) in [5.74, 6) is 0. The first-order valence-corrected chi connectivity index (χ1v) is 5.19. The van der Waals surface area contributed by atoms with Crippen molar-refractivity contribution in [2.45, 2.75) is 46.1 Å². The number of rotatable bonds is 7. The summed E-state index contributed by atoms with van der Waals surface area (Å²) >= 11 is 0. The average molecular weight is 181 g/mol. The van der Waals surface area contributed by atoms with E-state index in [1.165, 1.54) is 18.4 Å². The molecule has 1 atom stereocenters. The molecule has 76 valence electrons. The van der Waals surface area contributed by atoms with Crippen LogP contribution in [0.15, 0.2) is 24.3 Å². The van der Waals surface area contributed by atoms with Crippen LogP contribution in [0, 0.1) is 0 Å². The summed E-state index contributed by atoms with van der Waals surface area (Å²) in [7, 11) is 0. The molecule has 13 heavy (non-hydrogen) atoms. The predicted octanol–water partition coefficient (Wildman–Crippen LogP) is 3.29. The Bertz CT molecular complexity index is 159. The van der Waals surface area contributed by atoms with Gasteiger partial charge in [-0.25, -0.2) is 0 Å². The monoisotopic (exact) mass is 181 g/mol. The molecule has 0 aromatic carbocycles. The Labute approximate surface area is 82.9 Å². The van der Waals surface area contributed by atoms with Crippen molar-refractivity contribution in [3.63, 3.8) is 0 Å². The molecular weight excluding hydrogens is 158 g/mol. The zero-order valence-electron chi connectivity index (χ0n) is 9.27. The lowest BCUT2D eigenvalue weighted by molar-refractivity contribution is 0.574. The number of allylic oxidation sites excluding steroid dienone is 2. The van der Waals surface area contributed by atoms with Gasteiger partial charge in [-0.05, 0) is 46.6 Å². The van der Waals surface area contributed by atoms with Crippen LogP contribution in [0.4, 0.5) is 0 Å². The van der Waals surface area contributed by atoms with E-state index in [9.17, 15) is 0 Å². The molecule has 0 saturated carbocycles. The molecule has 0 saturated heterocycles. The lowest BCUT2D eigenvalue weighted by Crippen LogP contribution is -2.27. The van der Waals surface area contributed by atoms with Gasteiger partial charge in [-0.2, -0.15) is 0 Å². The SMILES string of the molecule is C=CCCCCNC(C)C(C)=CC. The van der Waals surface area contributed by atoms with Crippen molar-refractivity contribution in [2.75, 3.05) is 6.54 Å². The van der Waals surface area contributed by atoms with Gasteiger partial charge in [0, 0.05) is 6.04 Å². The van der Waals surface area contributed by atoms with Gasteiger partial charge in [-0.3, -0.25) is 0 Å². The summed E-state index contributed by atoms with van der Waals surface area (Å²) < 4.78 is 0. The molecule has 0 rings (SSSR count). The van der Waals surface area contributed by atoms with Crippen LogP contribution < -0.4 is 5.32 Å². The normalized spacial score (nSPS) is 14.2. The van der Waals surface area contributed by atoms with Crippen LogP contribution in [0.3, 0.4) is 0 Å². The largest absolute Gasteiger partial charge is 0.311 e. The third kappa shape index (κ3) is 6.59. The zero-order chi connectivity index (χ0) is 10.1. The Morgan fingerprint density at radius 3 is 2.69 bits per heavy atom. The van der Waals surface area contributed by atoms with Crippen molar-refractivity contribution >= 4 is 0 Å². The van der Waals surface area contributed by atoms with Gasteiger partial charge in [-0.1, -0.05) is 17.7 Å². The van der Waals surface area contributed by atoms with Crippen molar-refractivity contribution in [1.82, 2.24) is 5.32 Å². The zero-order valence-corrected chi connectivity index (χ0v) is 9.27. The van der Waals surface area contributed by atoms with E-state index in [0.29, 0.717) is 6.04 Å². The molecule has 1 heteroatoms. The van der Waals surface area contributed by atoms with Crippen molar-refractivity contribution in [1.29, 1.82) is 0 Å². The van der Waals surface area contributed by atoms with Gasteiger partial charge in [0.1, 0.15) is 0 Å². The van der Waals surface area contributed by atoms with Crippen molar-refractivity contribution in [3.05, 3.63) is 24.3 Å². The van der Waals surface area contributed by atoms with Crippen molar-refractivity contribution in [3.8, 4) is 0 Å². The number of unbranched alkanes of at least 4 members (excludes halogenated alkanes) is 2. The summed E-state index contributed by atoms with van der Waals surface area (Å²) in [6, 6.07) is 0.522. The maximum atomic E-state index is 3.71. The minimum atomic E-state index is 0.522. The van der Waals surface area contributed by atoms with E-state index in [1.807, 2.05) is 6.08 Å². The summed E-state index contributed by atoms with van der Waals surface area (Å²) in [5.41, 5.74) is 1.42. The van der Waals surface area contributed by atoms with Crippen molar-refractivity contribution < 1.29 is 0 Å². The van der Waals surface area contributed by atoms with Gasteiger partial charge in [0.15, 0.2) is 0 Å². The van der Waals surface area contributed by atoms with Crippen LogP contribution in [0.2, 0.25) is 0 Å². The molecule has 0 aliphatic heterocycles.